The van der Waals surface area contributed by atoms with Crippen molar-refractivity contribution in [2.24, 2.45) is 5.92 Å². The SMILES string of the molecule is COc1ccc(NC(=O)[C@@H]2CC(=O)N(c3ccc(C)c(Cl)c3)C2)cc1. The number of rotatable bonds is 4. The van der Waals surface area contributed by atoms with Crippen LogP contribution in [0.2, 0.25) is 5.02 Å². The third-order valence-corrected chi connectivity index (χ3v) is 4.73. The molecule has 0 aliphatic carbocycles. The lowest BCUT2D eigenvalue weighted by molar-refractivity contribution is -0.122. The number of carbonyl (C=O) groups excluding carboxylic acids is 2. The van der Waals surface area contributed by atoms with Crippen molar-refractivity contribution >= 4 is 34.8 Å². The number of hydrogen-bond donors (Lipinski definition) is 1. The lowest BCUT2D eigenvalue weighted by Crippen LogP contribution is -2.28. The molecule has 1 aliphatic rings. The van der Waals surface area contributed by atoms with Crippen LogP contribution in [0.15, 0.2) is 42.5 Å². The molecule has 25 heavy (non-hydrogen) atoms. The van der Waals surface area contributed by atoms with Crippen molar-refractivity contribution in [1.82, 2.24) is 0 Å². The summed E-state index contributed by atoms with van der Waals surface area (Å²) in [5.41, 5.74) is 2.35. The highest BCUT2D eigenvalue weighted by Gasteiger charge is 2.35. The largest absolute Gasteiger partial charge is 0.497 e. The van der Waals surface area contributed by atoms with E-state index in [-0.39, 0.29) is 18.2 Å². The third kappa shape index (κ3) is 3.77. The van der Waals surface area contributed by atoms with Gasteiger partial charge in [0.1, 0.15) is 5.75 Å². The van der Waals surface area contributed by atoms with E-state index in [4.69, 9.17) is 16.3 Å². The number of carbonyl (C=O) groups is 2. The van der Waals surface area contributed by atoms with Crippen LogP contribution in [0.3, 0.4) is 0 Å². The van der Waals surface area contributed by atoms with Gasteiger partial charge in [0.15, 0.2) is 0 Å². The van der Waals surface area contributed by atoms with Gasteiger partial charge < -0.3 is 15.0 Å². The second kappa shape index (κ2) is 7.15. The number of amides is 2. The summed E-state index contributed by atoms with van der Waals surface area (Å²) in [6.07, 6.45) is 0.188. The molecule has 1 aliphatic heterocycles. The Balaban J connectivity index is 1.68. The minimum Gasteiger partial charge on any atom is -0.497 e. The molecule has 1 N–H and O–H groups in total. The minimum absolute atomic E-state index is 0.0743. The average molecular weight is 359 g/mol. The lowest BCUT2D eigenvalue weighted by Gasteiger charge is -2.17. The van der Waals surface area contributed by atoms with Crippen molar-refractivity contribution < 1.29 is 14.3 Å². The highest BCUT2D eigenvalue weighted by atomic mass is 35.5. The molecule has 1 saturated heterocycles. The van der Waals surface area contributed by atoms with E-state index in [0.717, 1.165) is 17.0 Å². The summed E-state index contributed by atoms with van der Waals surface area (Å²) < 4.78 is 5.09. The molecular formula is C19H19ClN2O3. The molecule has 6 heteroatoms. The Morgan fingerprint density at radius 2 is 1.96 bits per heavy atom. The van der Waals surface area contributed by atoms with Gasteiger partial charge in [-0.3, -0.25) is 9.59 Å². The topological polar surface area (TPSA) is 58.6 Å². The molecule has 0 saturated carbocycles. The van der Waals surface area contributed by atoms with Crippen molar-refractivity contribution in [2.75, 3.05) is 23.9 Å². The maximum atomic E-state index is 12.5. The first-order valence-electron chi connectivity index (χ1n) is 7.99. The normalized spacial score (nSPS) is 16.8. The molecule has 1 heterocycles. The fourth-order valence-corrected chi connectivity index (χ4v) is 2.98. The van der Waals surface area contributed by atoms with Crippen LogP contribution >= 0.6 is 11.6 Å². The smallest absolute Gasteiger partial charge is 0.229 e. The molecule has 0 spiro atoms. The number of ether oxygens (including phenoxy) is 1. The molecule has 0 bridgehead atoms. The van der Waals surface area contributed by atoms with Crippen LogP contribution in [0.1, 0.15) is 12.0 Å². The van der Waals surface area contributed by atoms with Crippen LogP contribution in [0.4, 0.5) is 11.4 Å². The Bertz CT molecular complexity index is 805. The molecule has 130 valence electrons. The lowest BCUT2D eigenvalue weighted by atomic mass is 10.1. The Morgan fingerprint density at radius 1 is 1.24 bits per heavy atom. The van der Waals surface area contributed by atoms with Gasteiger partial charge in [-0.1, -0.05) is 17.7 Å². The highest BCUT2D eigenvalue weighted by molar-refractivity contribution is 6.31. The molecule has 0 aromatic heterocycles. The maximum absolute atomic E-state index is 12.5. The van der Waals surface area contributed by atoms with E-state index in [9.17, 15) is 9.59 Å². The second-order valence-electron chi connectivity index (χ2n) is 6.06. The van der Waals surface area contributed by atoms with Gasteiger partial charge >= 0.3 is 0 Å². The Hall–Kier alpha value is -2.53. The average Bonchev–Trinajstić information content (AvgIpc) is 3.00. The van der Waals surface area contributed by atoms with Crippen molar-refractivity contribution in [3.05, 3.63) is 53.1 Å². The fraction of sp³-hybridized carbons (Fsp3) is 0.263. The molecule has 1 atom stereocenters. The standard InChI is InChI=1S/C19H19ClN2O3/c1-12-3-6-15(10-17(12)20)22-11-13(9-18(22)23)19(24)21-14-4-7-16(25-2)8-5-14/h3-8,10,13H,9,11H2,1-2H3,(H,21,24)/t13-/m1/s1. The van der Waals surface area contributed by atoms with Crippen LogP contribution in [0, 0.1) is 12.8 Å². The van der Waals surface area contributed by atoms with Crippen LogP contribution in [-0.2, 0) is 9.59 Å². The predicted octanol–water partition coefficient (Wildman–Crippen LogP) is 3.65. The summed E-state index contributed by atoms with van der Waals surface area (Å²) in [4.78, 5) is 26.4. The van der Waals surface area contributed by atoms with Gasteiger partial charge in [-0.15, -0.1) is 0 Å². The Morgan fingerprint density at radius 3 is 2.60 bits per heavy atom. The molecule has 0 unspecified atom stereocenters. The van der Waals surface area contributed by atoms with Crippen molar-refractivity contribution in [1.29, 1.82) is 0 Å². The quantitative estimate of drug-likeness (QED) is 0.907. The molecule has 0 radical (unpaired) electrons. The molecule has 3 rings (SSSR count). The van der Waals surface area contributed by atoms with Gasteiger partial charge in [0.05, 0.1) is 13.0 Å². The Labute approximate surface area is 151 Å². The molecular weight excluding hydrogens is 340 g/mol. The van der Waals surface area contributed by atoms with Gasteiger partial charge in [0, 0.05) is 29.4 Å². The predicted molar refractivity (Wildman–Crippen MR) is 98.3 cm³/mol. The Kier molecular flexibility index (Phi) is 4.95. The van der Waals surface area contributed by atoms with E-state index < -0.39 is 5.92 Å². The van der Waals surface area contributed by atoms with Crippen LogP contribution in [0.25, 0.3) is 0 Å². The number of anilines is 2. The molecule has 2 aromatic carbocycles. The summed E-state index contributed by atoms with van der Waals surface area (Å²) in [5, 5.41) is 3.46. The zero-order valence-corrected chi connectivity index (χ0v) is 14.8. The maximum Gasteiger partial charge on any atom is 0.229 e. The van der Waals surface area contributed by atoms with E-state index in [0.29, 0.717) is 17.3 Å². The van der Waals surface area contributed by atoms with Crippen LogP contribution < -0.4 is 15.0 Å². The van der Waals surface area contributed by atoms with Crippen molar-refractivity contribution in [3.8, 4) is 5.75 Å². The highest BCUT2D eigenvalue weighted by Crippen LogP contribution is 2.29. The zero-order chi connectivity index (χ0) is 18.0. The first kappa shape index (κ1) is 17.3. The van der Waals surface area contributed by atoms with E-state index in [2.05, 4.69) is 5.32 Å². The number of nitrogens with one attached hydrogen (secondary N) is 1. The molecule has 2 aromatic rings. The van der Waals surface area contributed by atoms with E-state index in [1.54, 1.807) is 42.3 Å². The van der Waals surface area contributed by atoms with Gasteiger partial charge in [0.25, 0.3) is 0 Å². The zero-order valence-electron chi connectivity index (χ0n) is 14.1. The summed E-state index contributed by atoms with van der Waals surface area (Å²) in [6, 6.07) is 12.6. The van der Waals surface area contributed by atoms with Gasteiger partial charge in [-0.25, -0.2) is 0 Å². The third-order valence-electron chi connectivity index (χ3n) is 4.32. The molecule has 2 amide bonds. The van der Waals surface area contributed by atoms with Gasteiger partial charge in [0.2, 0.25) is 11.8 Å². The number of aryl methyl sites for hydroxylation is 1. The number of nitrogens with zero attached hydrogens (tertiary/aromatic N) is 1. The van der Waals surface area contributed by atoms with E-state index in [1.807, 2.05) is 19.1 Å². The summed E-state index contributed by atoms with van der Waals surface area (Å²) in [5.74, 6) is 0.0835. The number of halogens is 1. The number of benzene rings is 2. The monoisotopic (exact) mass is 358 g/mol. The molecule has 5 nitrogen and oxygen atoms in total. The summed E-state index contributed by atoms with van der Waals surface area (Å²) >= 11 is 6.14. The van der Waals surface area contributed by atoms with Crippen molar-refractivity contribution in [2.45, 2.75) is 13.3 Å². The summed E-state index contributed by atoms with van der Waals surface area (Å²) in [7, 11) is 1.59. The molecule has 1 fully saturated rings. The number of methoxy groups -OCH3 is 1. The van der Waals surface area contributed by atoms with Crippen LogP contribution in [-0.4, -0.2) is 25.5 Å². The second-order valence-corrected chi connectivity index (χ2v) is 6.46. The van der Waals surface area contributed by atoms with Gasteiger partial charge in [-0.2, -0.15) is 0 Å². The first-order valence-corrected chi connectivity index (χ1v) is 8.37. The van der Waals surface area contributed by atoms with Crippen molar-refractivity contribution in [3.63, 3.8) is 0 Å². The minimum atomic E-state index is -0.394. The van der Waals surface area contributed by atoms with Crippen LogP contribution in [0.5, 0.6) is 5.75 Å². The fourth-order valence-electron chi connectivity index (χ4n) is 2.80. The van der Waals surface area contributed by atoms with E-state index in [1.165, 1.54) is 0 Å². The summed E-state index contributed by atoms with van der Waals surface area (Å²) in [6.45, 7) is 2.25. The van der Waals surface area contributed by atoms with Gasteiger partial charge in [-0.05, 0) is 48.9 Å². The van der Waals surface area contributed by atoms with E-state index >= 15 is 0 Å². The number of hydrogen-bond acceptors (Lipinski definition) is 3. The first-order chi connectivity index (χ1) is 12.0.